The Bertz CT molecular complexity index is 717. The molecule has 0 unspecified atom stereocenters. The second kappa shape index (κ2) is 8.27. The van der Waals surface area contributed by atoms with E-state index in [1.165, 1.54) is 44.2 Å². The van der Waals surface area contributed by atoms with Crippen molar-refractivity contribution >= 4 is 15.9 Å². The molecule has 1 N–H and O–H groups in total. The van der Waals surface area contributed by atoms with Gasteiger partial charge in [0.25, 0.3) is 0 Å². The predicted molar refractivity (Wildman–Crippen MR) is 90.6 cm³/mol. The average molecular weight is 349 g/mol. The largest absolute Gasteiger partial charge is 0.352 e. The molecule has 24 heavy (non-hydrogen) atoms. The highest BCUT2D eigenvalue weighted by molar-refractivity contribution is 7.89. The Morgan fingerprint density at radius 3 is 2.58 bits per heavy atom. The third kappa shape index (κ3) is 4.79. The van der Waals surface area contributed by atoms with Gasteiger partial charge in [0.05, 0.1) is 23.1 Å². The van der Waals surface area contributed by atoms with Gasteiger partial charge in [-0.3, -0.25) is 4.79 Å². The van der Waals surface area contributed by atoms with Crippen LogP contribution in [0.5, 0.6) is 0 Å². The van der Waals surface area contributed by atoms with E-state index in [0.29, 0.717) is 0 Å². The second-order valence-corrected chi connectivity index (χ2v) is 8.20. The Labute approximate surface area is 143 Å². The minimum Gasteiger partial charge on any atom is -0.352 e. The molecule has 1 aliphatic carbocycles. The van der Waals surface area contributed by atoms with Crippen LogP contribution in [0.3, 0.4) is 0 Å². The van der Waals surface area contributed by atoms with Crippen molar-refractivity contribution in [3.8, 4) is 6.07 Å². The molecule has 130 valence electrons. The fraction of sp³-hybridized carbons (Fsp3) is 0.529. The fourth-order valence-corrected chi connectivity index (χ4v) is 4.06. The quantitative estimate of drug-likeness (QED) is 0.824. The summed E-state index contributed by atoms with van der Waals surface area (Å²) >= 11 is 0. The van der Waals surface area contributed by atoms with E-state index in [1.54, 1.807) is 0 Å². The maximum Gasteiger partial charge on any atom is 0.243 e. The summed E-state index contributed by atoms with van der Waals surface area (Å²) in [6.45, 7) is -0.227. The molecule has 0 radical (unpaired) electrons. The zero-order valence-electron chi connectivity index (χ0n) is 13.9. The molecule has 1 aliphatic rings. The number of nitrogens with one attached hydrogen (secondary N) is 1. The first-order valence-corrected chi connectivity index (χ1v) is 9.63. The minimum absolute atomic E-state index is 0.0197. The van der Waals surface area contributed by atoms with Gasteiger partial charge in [-0.05, 0) is 31.0 Å². The Hall–Kier alpha value is -1.91. The van der Waals surface area contributed by atoms with Crippen LogP contribution in [0.25, 0.3) is 0 Å². The standard InChI is InChI=1S/C17H23N3O3S/c1-20(13-17(21)19-15-8-4-2-3-5-9-15)24(22,23)16-10-6-7-14(11-16)12-18/h6-7,10-11,15H,2-5,8-9,13H2,1H3,(H,19,21). The predicted octanol–water partition coefficient (Wildman–Crippen LogP) is 2.02. The zero-order chi connectivity index (χ0) is 17.6. The van der Waals surface area contributed by atoms with Crippen molar-refractivity contribution in [1.82, 2.24) is 9.62 Å². The first kappa shape index (κ1) is 18.4. The van der Waals surface area contributed by atoms with E-state index in [1.807, 2.05) is 6.07 Å². The third-order valence-corrected chi connectivity index (χ3v) is 6.06. The van der Waals surface area contributed by atoms with Gasteiger partial charge in [-0.2, -0.15) is 9.57 Å². The van der Waals surface area contributed by atoms with Crippen LogP contribution in [-0.4, -0.2) is 38.3 Å². The van der Waals surface area contributed by atoms with Gasteiger partial charge >= 0.3 is 0 Å². The van der Waals surface area contributed by atoms with Crippen molar-refractivity contribution in [1.29, 1.82) is 5.26 Å². The van der Waals surface area contributed by atoms with Crippen LogP contribution < -0.4 is 5.32 Å². The van der Waals surface area contributed by atoms with Crippen molar-refractivity contribution in [2.24, 2.45) is 0 Å². The summed E-state index contributed by atoms with van der Waals surface area (Å²) in [5.74, 6) is -0.288. The molecule has 0 bridgehead atoms. The van der Waals surface area contributed by atoms with Gasteiger partial charge in [0.1, 0.15) is 0 Å². The molecular weight excluding hydrogens is 326 g/mol. The highest BCUT2D eigenvalue weighted by Crippen LogP contribution is 2.18. The summed E-state index contributed by atoms with van der Waals surface area (Å²) in [6.07, 6.45) is 6.48. The number of likely N-dealkylation sites (N-methyl/N-ethyl adjacent to an activating group) is 1. The van der Waals surface area contributed by atoms with Crippen LogP contribution in [0.4, 0.5) is 0 Å². The highest BCUT2D eigenvalue weighted by Gasteiger charge is 2.24. The topological polar surface area (TPSA) is 90.3 Å². The van der Waals surface area contributed by atoms with Crippen molar-refractivity contribution in [3.63, 3.8) is 0 Å². The molecular formula is C17H23N3O3S. The zero-order valence-corrected chi connectivity index (χ0v) is 14.7. The second-order valence-electron chi connectivity index (χ2n) is 6.16. The van der Waals surface area contributed by atoms with Crippen molar-refractivity contribution < 1.29 is 13.2 Å². The molecule has 0 aliphatic heterocycles. The molecule has 0 atom stereocenters. The van der Waals surface area contributed by atoms with Crippen molar-refractivity contribution in [2.75, 3.05) is 13.6 Å². The van der Waals surface area contributed by atoms with Gasteiger partial charge in [-0.25, -0.2) is 8.42 Å². The Kier molecular flexibility index (Phi) is 6.35. The summed E-state index contributed by atoms with van der Waals surface area (Å²) in [6, 6.07) is 7.85. The smallest absolute Gasteiger partial charge is 0.243 e. The number of sulfonamides is 1. The molecule has 0 aromatic heterocycles. The van der Waals surface area contributed by atoms with E-state index in [-0.39, 0.29) is 29.0 Å². The third-order valence-electron chi connectivity index (χ3n) is 4.26. The van der Waals surface area contributed by atoms with Gasteiger partial charge in [0.2, 0.25) is 15.9 Å². The lowest BCUT2D eigenvalue weighted by molar-refractivity contribution is -0.121. The fourth-order valence-electron chi connectivity index (χ4n) is 2.89. The van der Waals surface area contributed by atoms with Gasteiger partial charge in [0.15, 0.2) is 0 Å². The molecule has 0 heterocycles. The number of hydrogen-bond acceptors (Lipinski definition) is 4. The number of hydrogen-bond donors (Lipinski definition) is 1. The van der Waals surface area contributed by atoms with E-state index >= 15 is 0 Å². The first-order chi connectivity index (χ1) is 11.4. The van der Waals surface area contributed by atoms with E-state index in [2.05, 4.69) is 5.32 Å². The molecule has 7 heteroatoms. The summed E-state index contributed by atoms with van der Waals surface area (Å²) in [5.41, 5.74) is 0.271. The monoisotopic (exact) mass is 349 g/mol. The number of carbonyl (C=O) groups is 1. The number of nitrogens with zero attached hydrogens (tertiary/aromatic N) is 2. The van der Waals surface area contributed by atoms with Crippen LogP contribution in [0.2, 0.25) is 0 Å². The number of amides is 1. The Morgan fingerprint density at radius 2 is 1.96 bits per heavy atom. The van der Waals surface area contributed by atoms with Crippen molar-refractivity contribution in [3.05, 3.63) is 29.8 Å². The molecule has 1 amide bonds. The van der Waals surface area contributed by atoms with Gasteiger partial charge in [-0.1, -0.05) is 31.7 Å². The average Bonchev–Trinajstić information content (AvgIpc) is 2.83. The van der Waals surface area contributed by atoms with E-state index < -0.39 is 10.0 Å². The van der Waals surface area contributed by atoms with Gasteiger partial charge < -0.3 is 5.32 Å². The number of nitriles is 1. The molecule has 0 spiro atoms. The van der Waals surface area contributed by atoms with Crippen LogP contribution in [0.15, 0.2) is 29.2 Å². The molecule has 1 saturated carbocycles. The number of benzene rings is 1. The van der Waals surface area contributed by atoms with Gasteiger partial charge in [-0.15, -0.1) is 0 Å². The molecule has 1 fully saturated rings. The maximum absolute atomic E-state index is 12.5. The molecule has 1 aromatic rings. The molecule has 6 nitrogen and oxygen atoms in total. The number of carbonyl (C=O) groups excluding carboxylic acids is 1. The molecule has 2 rings (SSSR count). The summed E-state index contributed by atoms with van der Waals surface area (Å²) < 4.78 is 26.1. The van der Waals surface area contributed by atoms with Crippen LogP contribution in [0.1, 0.15) is 44.1 Å². The summed E-state index contributed by atoms with van der Waals surface area (Å²) in [4.78, 5) is 12.2. The summed E-state index contributed by atoms with van der Waals surface area (Å²) in [5, 5.41) is 11.8. The first-order valence-electron chi connectivity index (χ1n) is 8.19. The Balaban J connectivity index is 2.00. The SMILES string of the molecule is CN(CC(=O)NC1CCCCCC1)S(=O)(=O)c1cccc(C#N)c1. The highest BCUT2D eigenvalue weighted by atomic mass is 32.2. The normalized spacial score (nSPS) is 16.4. The number of rotatable bonds is 5. The van der Waals surface area contributed by atoms with E-state index in [4.69, 9.17) is 5.26 Å². The van der Waals surface area contributed by atoms with Crippen LogP contribution in [-0.2, 0) is 14.8 Å². The van der Waals surface area contributed by atoms with Crippen molar-refractivity contribution in [2.45, 2.75) is 49.5 Å². The lowest BCUT2D eigenvalue weighted by atomic mass is 10.1. The molecule has 1 aromatic carbocycles. The molecule has 0 saturated heterocycles. The Morgan fingerprint density at radius 1 is 1.29 bits per heavy atom. The summed E-state index contributed by atoms with van der Waals surface area (Å²) in [7, 11) is -2.42. The lowest BCUT2D eigenvalue weighted by Crippen LogP contribution is -2.42. The van der Waals surface area contributed by atoms with E-state index in [0.717, 1.165) is 30.0 Å². The van der Waals surface area contributed by atoms with Crippen LogP contribution in [0, 0.1) is 11.3 Å². The minimum atomic E-state index is -3.79. The van der Waals surface area contributed by atoms with Gasteiger partial charge in [0, 0.05) is 13.1 Å². The maximum atomic E-state index is 12.5. The van der Waals surface area contributed by atoms with E-state index in [9.17, 15) is 13.2 Å². The lowest BCUT2D eigenvalue weighted by Gasteiger charge is -2.20. The van der Waals surface area contributed by atoms with Crippen LogP contribution >= 0.6 is 0 Å².